The fourth-order valence-corrected chi connectivity index (χ4v) is 2.35. The molecule has 0 radical (unpaired) electrons. The molecule has 0 fully saturated rings. The van der Waals surface area contributed by atoms with E-state index in [2.05, 4.69) is 5.32 Å². The maximum atomic E-state index is 14.3. The van der Waals surface area contributed by atoms with Crippen LogP contribution in [0, 0.1) is 5.82 Å². The second-order valence-electron chi connectivity index (χ2n) is 5.05. The van der Waals surface area contributed by atoms with Crippen LogP contribution in [-0.2, 0) is 16.0 Å². The SMILES string of the molecule is CCN(c1ccc(CNCCOC)cc1F)C(C)COC. The molecular formula is C16H27FN2O2. The first-order valence-electron chi connectivity index (χ1n) is 7.37. The van der Waals surface area contributed by atoms with Crippen LogP contribution in [0.4, 0.5) is 10.1 Å². The van der Waals surface area contributed by atoms with Crippen LogP contribution in [0.2, 0.25) is 0 Å². The molecule has 0 saturated heterocycles. The molecule has 4 nitrogen and oxygen atoms in total. The topological polar surface area (TPSA) is 33.7 Å². The van der Waals surface area contributed by atoms with Gasteiger partial charge in [-0.1, -0.05) is 6.07 Å². The summed E-state index contributed by atoms with van der Waals surface area (Å²) >= 11 is 0. The van der Waals surface area contributed by atoms with Crippen molar-refractivity contribution in [3.63, 3.8) is 0 Å². The number of nitrogens with one attached hydrogen (secondary N) is 1. The molecule has 21 heavy (non-hydrogen) atoms. The van der Waals surface area contributed by atoms with Gasteiger partial charge in [-0.25, -0.2) is 4.39 Å². The van der Waals surface area contributed by atoms with Gasteiger partial charge in [0.2, 0.25) is 0 Å². The Bertz CT molecular complexity index is 415. The van der Waals surface area contributed by atoms with Crippen molar-refractivity contribution in [2.24, 2.45) is 0 Å². The second-order valence-corrected chi connectivity index (χ2v) is 5.05. The highest BCUT2D eigenvalue weighted by Crippen LogP contribution is 2.22. The summed E-state index contributed by atoms with van der Waals surface area (Å²) in [6.07, 6.45) is 0. The number of hydrogen-bond acceptors (Lipinski definition) is 4. The molecule has 0 spiro atoms. The molecule has 5 heteroatoms. The second kappa shape index (κ2) is 9.71. The van der Waals surface area contributed by atoms with Crippen LogP contribution in [0.1, 0.15) is 19.4 Å². The number of rotatable bonds is 10. The first-order chi connectivity index (χ1) is 10.1. The molecule has 0 bridgehead atoms. The first-order valence-corrected chi connectivity index (χ1v) is 7.37. The highest BCUT2D eigenvalue weighted by atomic mass is 19.1. The molecule has 120 valence electrons. The lowest BCUT2D eigenvalue weighted by molar-refractivity contribution is 0.181. The third kappa shape index (κ3) is 5.61. The van der Waals surface area contributed by atoms with Gasteiger partial charge in [0, 0.05) is 39.9 Å². The van der Waals surface area contributed by atoms with Crippen molar-refractivity contribution in [2.75, 3.05) is 45.4 Å². The van der Waals surface area contributed by atoms with E-state index in [0.29, 0.717) is 25.4 Å². The number of anilines is 1. The Morgan fingerprint density at radius 1 is 1.29 bits per heavy atom. The molecule has 1 N–H and O–H groups in total. The monoisotopic (exact) mass is 298 g/mol. The number of benzene rings is 1. The van der Waals surface area contributed by atoms with Gasteiger partial charge < -0.3 is 19.7 Å². The molecule has 0 amide bonds. The third-order valence-electron chi connectivity index (χ3n) is 3.41. The summed E-state index contributed by atoms with van der Waals surface area (Å²) < 4.78 is 24.5. The van der Waals surface area contributed by atoms with Crippen LogP contribution in [0.25, 0.3) is 0 Å². The lowest BCUT2D eigenvalue weighted by Crippen LogP contribution is -2.36. The minimum atomic E-state index is -0.189. The highest BCUT2D eigenvalue weighted by molar-refractivity contribution is 5.50. The van der Waals surface area contributed by atoms with Gasteiger partial charge >= 0.3 is 0 Å². The molecule has 1 aromatic carbocycles. The Kier molecular flexibility index (Phi) is 8.27. The van der Waals surface area contributed by atoms with E-state index < -0.39 is 0 Å². The largest absolute Gasteiger partial charge is 0.383 e. The molecule has 0 aliphatic carbocycles. The number of ether oxygens (including phenoxy) is 2. The summed E-state index contributed by atoms with van der Waals surface area (Å²) in [5, 5.41) is 3.21. The number of hydrogen-bond donors (Lipinski definition) is 1. The lowest BCUT2D eigenvalue weighted by Gasteiger charge is -2.30. The summed E-state index contributed by atoms with van der Waals surface area (Å²) in [6, 6.07) is 5.54. The van der Waals surface area contributed by atoms with Crippen LogP contribution < -0.4 is 10.2 Å². The van der Waals surface area contributed by atoms with Gasteiger partial charge in [-0.2, -0.15) is 0 Å². The van der Waals surface area contributed by atoms with E-state index in [9.17, 15) is 4.39 Å². The molecule has 1 atom stereocenters. The quantitative estimate of drug-likeness (QED) is 0.673. The van der Waals surface area contributed by atoms with Crippen LogP contribution >= 0.6 is 0 Å². The van der Waals surface area contributed by atoms with Crippen molar-refractivity contribution in [3.05, 3.63) is 29.6 Å². The van der Waals surface area contributed by atoms with Crippen molar-refractivity contribution < 1.29 is 13.9 Å². The zero-order valence-corrected chi connectivity index (χ0v) is 13.5. The number of likely N-dealkylation sites (N-methyl/N-ethyl adjacent to an activating group) is 1. The van der Waals surface area contributed by atoms with E-state index in [0.717, 1.165) is 18.7 Å². The first kappa shape index (κ1) is 17.9. The summed E-state index contributed by atoms with van der Waals surface area (Å²) in [5.74, 6) is -0.189. The van der Waals surface area contributed by atoms with Gasteiger partial charge in [-0.15, -0.1) is 0 Å². The average molecular weight is 298 g/mol. The van der Waals surface area contributed by atoms with E-state index >= 15 is 0 Å². The Morgan fingerprint density at radius 2 is 2.05 bits per heavy atom. The van der Waals surface area contributed by atoms with Crippen LogP contribution in [0.3, 0.4) is 0 Å². The Labute approximate surface area is 127 Å². The van der Waals surface area contributed by atoms with Crippen molar-refractivity contribution >= 4 is 5.69 Å². The number of methoxy groups -OCH3 is 2. The molecule has 1 aromatic rings. The van der Waals surface area contributed by atoms with Gasteiger partial charge in [0.05, 0.1) is 18.9 Å². The highest BCUT2D eigenvalue weighted by Gasteiger charge is 2.16. The molecule has 0 heterocycles. The van der Waals surface area contributed by atoms with Gasteiger partial charge in [0.15, 0.2) is 0 Å². The fraction of sp³-hybridized carbons (Fsp3) is 0.625. The van der Waals surface area contributed by atoms with Gasteiger partial charge in [-0.05, 0) is 31.5 Å². The third-order valence-corrected chi connectivity index (χ3v) is 3.41. The molecule has 0 aliphatic heterocycles. The van der Waals surface area contributed by atoms with Crippen molar-refractivity contribution in [3.8, 4) is 0 Å². The molecule has 0 saturated carbocycles. The zero-order chi connectivity index (χ0) is 15.7. The summed E-state index contributed by atoms with van der Waals surface area (Å²) in [5.41, 5.74) is 1.56. The number of nitrogens with zero attached hydrogens (tertiary/aromatic N) is 1. The molecular weight excluding hydrogens is 271 g/mol. The van der Waals surface area contributed by atoms with Crippen LogP contribution in [0.5, 0.6) is 0 Å². The predicted molar refractivity (Wildman–Crippen MR) is 84.3 cm³/mol. The van der Waals surface area contributed by atoms with Gasteiger partial charge in [0.25, 0.3) is 0 Å². The van der Waals surface area contributed by atoms with Crippen molar-refractivity contribution in [1.82, 2.24) is 5.32 Å². The Morgan fingerprint density at radius 3 is 2.62 bits per heavy atom. The minimum Gasteiger partial charge on any atom is -0.383 e. The predicted octanol–water partition coefficient (Wildman–Crippen LogP) is 2.42. The van der Waals surface area contributed by atoms with Gasteiger partial charge in [-0.3, -0.25) is 0 Å². The molecule has 1 rings (SSSR count). The smallest absolute Gasteiger partial charge is 0.146 e. The number of halogens is 1. The summed E-state index contributed by atoms with van der Waals surface area (Å²) in [7, 11) is 3.33. The summed E-state index contributed by atoms with van der Waals surface area (Å²) in [6.45, 7) is 7.42. The lowest BCUT2D eigenvalue weighted by atomic mass is 10.1. The maximum absolute atomic E-state index is 14.3. The van der Waals surface area contributed by atoms with Crippen molar-refractivity contribution in [2.45, 2.75) is 26.4 Å². The normalized spacial score (nSPS) is 12.4. The van der Waals surface area contributed by atoms with Crippen molar-refractivity contribution in [1.29, 1.82) is 0 Å². The Hall–Kier alpha value is -1.17. The van der Waals surface area contributed by atoms with E-state index in [1.165, 1.54) is 0 Å². The average Bonchev–Trinajstić information content (AvgIpc) is 2.47. The van der Waals surface area contributed by atoms with Crippen LogP contribution in [0.15, 0.2) is 18.2 Å². The fourth-order valence-electron chi connectivity index (χ4n) is 2.35. The Balaban J connectivity index is 2.71. The molecule has 0 aromatic heterocycles. The zero-order valence-electron chi connectivity index (χ0n) is 13.5. The van der Waals surface area contributed by atoms with E-state index in [-0.39, 0.29) is 11.9 Å². The maximum Gasteiger partial charge on any atom is 0.146 e. The van der Waals surface area contributed by atoms with E-state index in [1.807, 2.05) is 30.9 Å². The van der Waals surface area contributed by atoms with E-state index in [1.54, 1.807) is 20.3 Å². The van der Waals surface area contributed by atoms with E-state index in [4.69, 9.17) is 9.47 Å². The standard InChI is InChI=1S/C16H27FN2O2/c1-5-19(13(2)12-21-4)16-7-6-14(10-15(16)17)11-18-8-9-20-3/h6-7,10,13,18H,5,8-9,11-12H2,1-4H3. The molecule has 1 unspecified atom stereocenters. The summed E-state index contributed by atoms with van der Waals surface area (Å²) in [4.78, 5) is 2.01. The minimum absolute atomic E-state index is 0.139. The molecule has 0 aliphatic rings. The van der Waals surface area contributed by atoms with Crippen LogP contribution in [-0.4, -0.2) is 46.6 Å². The van der Waals surface area contributed by atoms with Gasteiger partial charge in [0.1, 0.15) is 5.82 Å².